The molecule has 1 N–H and O–H groups in total. The largest absolute Gasteiger partial charge is 0.468 e. The van der Waals surface area contributed by atoms with E-state index in [1.165, 1.54) is 20.0 Å². The van der Waals surface area contributed by atoms with E-state index in [1.54, 1.807) is 0 Å². The number of carbonyl (C=O) groups excluding carboxylic acids is 1. The molecular formula is C12H24N2O2. The standard InChI is InChI=1S/C12H24N2O2/c1-12(11(15)16-4,13-10-6-7-10)8-5-9-14(2)3/h10,13H,5-9H2,1-4H3. The number of carbonyl (C=O) groups is 1. The van der Waals surface area contributed by atoms with Crippen LogP contribution in [0.3, 0.4) is 0 Å². The van der Waals surface area contributed by atoms with Gasteiger partial charge in [0.25, 0.3) is 0 Å². The lowest BCUT2D eigenvalue weighted by Gasteiger charge is -2.28. The smallest absolute Gasteiger partial charge is 0.325 e. The summed E-state index contributed by atoms with van der Waals surface area (Å²) < 4.78 is 4.89. The zero-order valence-corrected chi connectivity index (χ0v) is 10.9. The molecule has 0 amide bonds. The predicted octanol–water partition coefficient (Wildman–Crippen LogP) is 1.01. The van der Waals surface area contributed by atoms with E-state index in [2.05, 4.69) is 10.2 Å². The van der Waals surface area contributed by atoms with Gasteiger partial charge in [-0.2, -0.15) is 0 Å². The number of ether oxygens (including phenoxy) is 1. The van der Waals surface area contributed by atoms with Crippen LogP contribution in [-0.2, 0) is 9.53 Å². The second kappa shape index (κ2) is 5.64. The molecule has 4 heteroatoms. The van der Waals surface area contributed by atoms with Gasteiger partial charge in [0.2, 0.25) is 0 Å². The van der Waals surface area contributed by atoms with Gasteiger partial charge in [-0.1, -0.05) is 0 Å². The highest BCUT2D eigenvalue weighted by Gasteiger charge is 2.38. The Morgan fingerprint density at radius 3 is 2.56 bits per heavy atom. The molecule has 0 aromatic heterocycles. The van der Waals surface area contributed by atoms with Crippen molar-refractivity contribution in [2.75, 3.05) is 27.7 Å². The maximum absolute atomic E-state index is 11.8. The molecule has 1 aliphatic rings. The summed E-state index contributed by atoms with van der Waals surface area (Å²) in [5.41, 5.74) is -0.508. The zero-order valence-electron chi connectivity index (χ0n) is 10.9. The summed E-state index contributed by atoms with van der Waals surface area (Å²) >= 11 is 0. The third kappa shape index (κ3) is 4.10. The van der Waals surface area contributed by atoms with Gasteiger partial charge in [0.1, 0.15) is 5.54 Å². The van der Waals surface area contributed by atoms with E-state index in [9.17, 15) is 4.79 Å². The molecule has 0 spiro atoms. The minimum Gasteiger partial charge on any atom is -0.468 e. The molecule has 0 bridgehead atoms. The molecule has 0 aromatic rings. The van der Waals surface area contributed by atoms with Gasteiger partial charge in [-0.3, -0.25) is 10.1 Å². The molecule has 0 radical (unpaired) electrons. The van der Waals surface area contributed by atoms with Crippen LogP contribution in [-0.4, -0.2) is 50.2 Å². The van der Waals surface area contributed by atoms with Gasteiger partial charge < -0.3 is 9.64 Å². The van der Waals surface area contributed by atoms with Crippen molar-refractivity contribution in [3.8, 4) is 0 Å². The van der Waals surface area contributed by atoms with Crippen molar-refractivity contribution >= 4 is 5.97 Å². The number of hydrogen-bond donors (Lipinski definition) is 1. The monoisotopic (exact) mass is 228 g/mol. The summed E-state index contributed by atoms with van der Waals surface area (Å²) in [6.45, 7) is 2.95. The SMILES string of the molecule is COC(=O)C(C)(CCCN(C)C)NC1CC1. The summed E-state index contributed by atoms with van der Waals surface area (Å²) in [5, 5.41) is 3.40. The van der Waals surface area contributed by atoms with Crippen LogP contribution in [0, 0.1) is 0 Å². The van der Waals surface area contributed by atoms with Crippen molar-refractivity contribution in [1.29, 1.82) is 0 Å². The Kier molecular flexibility index (Phi) is 4.74. The van der Waals surface area contributed by atoms with E-state index >= 15 is 0 Å². The fourth-order valence-electron chi connectivity index (χ4n) is 1.89. The van der Waals surface area contributed by atoms with E-state index < -0.39 is 5.54 Å². The quantitative estimate of drug-likeness (QED) is 0.660. The molecule has 1 aliphatic carbocycles. The third-order valence-electron chi connectivity index (χ3n) is 3.02. The van der Waals surface area contributed by atoms with Gasteiger partial charge in [0.05, 0.1) is 7.11 Å². The Hall–Kier alpha value is -0.610. The molecular weight excluding hydrogens is 204 g/mol. The number of nitrogens with one attached hydrogen (secondary N) is 1. The van der Waals surface area contributed by atoms with Gasteiger partial charge >= 0.3 is 5.97 Å². The Balaban J connectivity index is 2.44. The van der Waals surface area contributed by atoms with Crippen molar-refractivity contribution in [3.63, 3.8) is 0 Å². The van der Waals surface area contributed by atoms with Gasteiger partial charge in [0, 0.05) is 6.04 Å². The summed E-state index contributed by atoms with van der Waals surface area (Å²) in [7, 11) is 5.55. The number of methoxy groups -OCH3 is 1. The first kappa shape index (κ1) is 13.5. The maximum atomic E-state index is 11.8. The number of nitrogens with zero attached hydrogens (tertiary/aromatic N) is 1. The van der Waals surface area contributed by atoms with E-state index in [4.69, 9.17) is 4.74 Å². The van der Waals surface area contributed by atoms with Crippen molar-refractivity contribution in [3.05, 3.63) is 0 Å². The van der Waals surface area contributed by atoms with Gasteiger partial charge in [0.15, 0.2) is 0 Å². The molecule has 0 heterocycles. The summed E-state index contributed by atoms with van der Waals surface area (Å²) in [5.74, 6) is -0.141. The lowest BCUT2D eigenvalue weighted by atomic mass is 9.95. The van der Waals surface area contributed by atoms with Crippen LogP contribution < -0.4 is 5.32 Å². The molecule has 4 nitrogen and oxygen atoms in total. The van der Waals surface area contributed by atoms with Crippen molar-refractivity contribution < 1.29 is 9.53 Å². The van der Waals surface area contributed by atoms with Crippen molar-refractivity contribution in [2.24, 2.45) is 0 Å². The minimum absolute atomic E-state index is 0.141. The van der Waals surface area contributed by atoms with Gasteiger partial charge in [-0.15, -0.1) is 0 Å². The average Bonchev–Trinajstić information content (AvgIpc) is 2.99. The summed E-state index contributed by atoms with van der Waals surface area (Å²) in [4.78, 5) is 13.9. The van der Waals surface area contributed by atoms with Crippen LogP contribution in [0.2, 0.25) is 0 Å². The molecule has 1 rings (SSSR count). The Bertz CT molecular complexity index is 239. The topological polar surface area (TPSA) is 41.6 Å². The van der Waals surface area contributed by atoms with E-state index in [0.29, 0.717) is 6.04 Å². The summed E-state index contributed by atoms with van der Waals surface area (Å²) in [6.07, 6.45) is 4.19. The molecule has 1 saturated carbocycles. The molecule has 0 aliphatic heterocycles. The first-order valence-corrected chi connectivity index (χ1v) is 5.99. The first-order valence-electron chi connectivity index (χ1n) is 5.99. The fourth-order valence-corrected chi connectivity index (χ4v) is 1.89. The molecule has 1 atom stereocenters. The zero-order chi connectivity index (χ0) is 12.2. The van der Waals surface area contributed by atoms with Crippen LogP contribution in [0.15, 0.2) is 0 Å². The average molecular weight is 228 g/mol. The van der Waals surface area contributed by atoms with Crippen LogP contribution in [0.1, 0.15) is 32.6 Å². The number of esters is 1. The molecule has 0 saturated heterocycles. The minimum atomic E-state index is -0.508. The van der Waals surface area contributed by atoms with Gasteiger partial charge in [-0.05, 0) is 53.2 Å². The van der Waals surface area contributed by atoms with Crippen LogP contribution in [0.5, 0.6) is 0 Å². The third-order valence-corrected chi connectivity index (χ3v) is 3.02. The normalized spacial score (nSPS) is 19.6. The highest BCUT2D eigenvalue weighted by Crippen LogP contribution is 2.25. The van der Waals surface area contributed by atoms with Crippen LogP contribution in [0.25, 0.3) is 0 Å². The molecule has 16 heavy (non-hydrogen) atoms. The fraction of sp³-hybridized carbons (Fsp3) is 0.917. The van der Waals surface area contributed by atoms with E-state index in [0.717, 1.165) is 19.4 Å². The lowest BCUT2D eigenvalue weighted by Crippen LogP contribution is -2.51. The molecule has 94 valence electrons. The Labute approximate surface area is 98.3 Å². The molecule has 1 unspecified atom stereocenters. The van der Waals surface area contributed by atoms with Crippen LogP contribution in [0.4, 0.5) is 0 Å². The van der Waals surface area contributed by atoms with Crippen LogP contribution >= 0.6 is 0 Å². The van der Waals surface area contributed by atoms with E-state index in [1.807, 2.05) is 21.0 Å². The number of hydrogen-bond acceptors (Lipinski definition) is 4. The molecule has 1 fully saturated rings. The van der Waals surface area contributed by atoms with Crippen molar-refractivity contribution in [1.82, 2.24) is 10.2 Å². The van der Waals surface area contributed by atoms with E-state index in [-0.39, 0.29) is 5.97 Å². The van der Waals surface area contributed by atoms with Gasteiger partial charge in [-0.25, -0.2) is 0 Å². The Morgan fingerprint density at radius 2 is 2.12 bits per heavy atom. The first-order chi connectivity index (χ1) is 7.48. The second-order valence-corrected chi connectivity index (χ2v) is 5.15. The van der Waals surface area contributed by atoms with Crippen molar-refractivity contribution in [2.45, 2.75) is 44.2 Å². The highest BCUT2D eigenvalue weighted by molar-refractivity contribution is 5.80. The predicted molar refractivity (Wildman–Crippen MR) is 64.4 cm³/mol. The number of rotatable bonds is 7. The molecule has 0 aromatic carbocycles. The Morgan fingerprint density at radius 1 is 1.50 bits per heavy atom. The lowest BCUT2D eigenvalue weighted by molar-refractivity contribution is -0.148. The second-order valence-electron chi connectivity index (χ2n) is 5.15. The maximum Gasteiger partial charge on any atom is 0.325 e. The highest BCUT2D eigenvalue weighted by atomic mass is 16.5. The summed E-state index contributed by atoms with van der Waals surface area (Å²) in [6, 6.07) is 0.517.